The third-order valence-corrected chi connectivity index (χ3v) is 0.924. The quantitative estimate of drug-likeness (QED) is 0.562. The van der Waals surface area contributed by atoms with Gasteiger partial charge in [0.25, 0.3) is 0 Å². The molecule has 0 saturated carbocycles. The van der Waals surface area contributed by atoms with E-state index in [0.717, 1.165) is 0 Å². The largest absolute Gasteiger partial charge is 0.397 e. The van der Waals surface area contributed by atoms with Gasteiger partial charge in [0, 0.05) is 6.54 Å². The van der Waals surface area contributed by atoms with E-state index in [-0.39, 0.29) is 0 Å². The maximum absolute atomic E-state index is 5.44. The Bertz CT molecular complexity index is 118. The summed E-state index contributed by atoms with van der Waals surface area (Å²) < 4.78 is 0. The Kier molecular flexibility index (Phi) is 3.28. The lowest BCUT2D eigenvalue weighted by atomic mass is 10.5. The van der Waals surface area contributed by atoms with Crippen molar-refractivity contribution in [2.45, 2.75) is 6.92 Å². The monoisotopic (exact) mass is 132 g/mol. The van der Waals surface area contributed by atoms with Crippen LogP contribution in [0.25, 0.3) is 0 Å². The molecule has 0 aromatic heterocycles. The summed E-state index contributed by atoms with van der Waals surface area (Å²) in [5.74, 6) is 0. The second-order valence-electron chi connectivity index (χ2n) is 1.29. The van der Waals surface area contributed by atoms with Crippen LogP contribution in [0.3, 0.4) is 0 Å². The highest BCUT2D eigenvalue weighted by molar-refractivity contribution is 6.69. The molecule has 8 heavy (non-hydrogen) atoms. The van der Waals surface area contributed by atoms with Crippen molar-refractivity contribution in [3.8, 4) is 0 Å². The van der Waals surface area contributed by atoms with Gasteiger partial charge in [0.05, 0.1) is 5.70 Å². The van der Waals surface area contributed by atoms with Gasteiger partial charge in [-0.15, -0.1) is 0 Å². The number of hydrogen-bond acceptors (Lipinski definition) is 2. The third kappa shape index (κ3) is 2.64. The van der Waals surface area contributed by atoms with E-state index in [2.05, 4.69) is 11.6 Å². The molecule has 0 rings (SSSR count). The number of nitrogens with zero attached hydrogens (tertiary/aromatic N) is 1. The van der Waals surface area contributed by atoms with Crippen LogP contribution < -0.4 is 5.73 Å². The molecule has 0 aromatic rings. The van der Waals surface area contributed by atoms with E-state index in [1.807, 2.05) is 6.92 Å². The van der Waals surface area contributed by atoms with Crippen LogP contribution in [0.4, 0.5) is 0 Å². The molecule has 0 amide bonds. The van der Waals surface area contributed by atoms with Crippen LogP contribution in [-0.2, 0) is 0 Å². The lowest BCUT2D eigenvalue weighted by Gasteiger charge is -1.91. The minimum Gasteiger partial charge on any atom is -0.397 e. The zero-order chi connectivity index (χ0) is 6.57. The molecular formula is C5H9ClN2. The highest BCUT2D eigenvalue weighted by Crippen LogP contribution is 1.91. The molecule has 0 aliphatic heterocycles. The van der Waals surface area contributed by atoms with Crippen LogP contribution in [0, 0.1) is 0 Å². The SMILES string of the molecule is C=C(N)C(Cl)=NCC. The van der Waals surface area contributed by atoms with Crippen molar-refractivity contribution in [1.29, 1.82) is 0 Å². The molecular weight excluding hydrogens is 124 g/mol. The first kappa shape index (κ1) is 7.50. The van der Waals surface area contributed by atoms with Crippen LogP contribution in [0.1, 0.15) is 6.92 Å². The fraction of sp³-hybridized carbons (Fsp3) is 0.400. The van der Waals surface area contributed by atoms with Crippen LogP contribution in [0.2, 0.25) is 0 Å². The van der Waals surface area contributed by atoms with Gasteiger partial charge in [-0.3, -0.25) is 4.99 Å². The fourth-order valence-electron chi connectivity index (χ4n) is 0.240. The average Bonchev–Trinajstić information content (AvgIpc) is 1.67. The van der Waals surface area contributed by atoms with Gasteiger partial charge in [-0.1, -0.05) is 18.2 Å². The van der Waals surface area contributed by atoms with Crippen molar-refractivity contribution in [3.05, 3.63) is 12.3 Å². The molecule has 0 saturated heterocycles. The zero-order valence-corrected chi connectivity index (χ0v) is 5.57. The van der Waals surface area contributed by atoms with Crippen LogP contribution >= 0.6 is 11.6 Å². The molecule has 0 heterocycles. The summed E-state index contributed by atoms with van der Waals surface area (Å²) in [4.78, 5) is 3.78. The molecule has 0 spiro atoms. The predicted octanol–water partition coefficient (Wildman–Crippen LogP) is 1.12. The molecule has 0 aromatic carbocycles. The van der Waals surface area contributed by atoms with Gasteiger partial charge in [-0.2, -0.15) is 0 Å². The first-order valence-electron chi connectivity index (χ1n) is 2.33. The van der Waals surface area contributed by atoms with Crippen molar-refractivity contribution in [2.24, 2.45) is 10.7 Å². The Morgan fingerprint density at radius 2 is 2.38 bits per heavy atom. The highest BCUT2D eigenvalue weighted by Gasteiger charge is 1.89. The first-order valence-corrected chi connectivity index (χ1v) is 2.71. The van der Waals surface area contributed by atoms with Gasteiger partial charge in [-0.25, -0.2) is 0 Å². The van der Waals surface area contributed by atoms with E-state index in [1.165, 1.54) is 0 Å². The fourth-order valence-corrected chi connectivity index (χ4v) is 0.360. The molecule has 0 atom stereocenters. The molecule has 0 bridgehead atoms. The van der Waals surface area contributed by atoms with Gasteiger partial charge in [0.1, 0.15) is 5.17 Å². The normalized spacial score (nSPS) is 11.5. The van der Waals surface area contributed by atoms with Gasteiger partial charge in [0.15, 0.2) is 0 Å². The summed E-state index contributed by atoms with van der Waals surface area (Å²) in [6.07, 6.45) is 0. The van der Waals surface area contributed by atoms with E-state index in [0.29, 0.717) is 17.4 Å². The molecule has 46 valence electrons. The Balaban J connectivity index is 3.80. The van der Waals surface area contributed by atoms with Gasteiger partial charge < -0.3 is 5.73 Å². The van der Waals surface area contributed by atoms with Gasteiger partial charge in [-0.05, 0) is 6.92 Å². The molecule has 0 aliphatic rings. The lowest BCUT2D eigenvalue weighted by molar-refractivity contribution is 1.13. The Morgan fingerprint density at radius 1 is 1.88 bits per heavy atom. The van der Waals surface area contributed by atoms with E-state index in [4.69, 9.17) is 17.3 Å². The van der Waals surface area contributed by atoms with Crippen molar-refractivity contribution in [1.82, 2.24) is 0 Å². The summed E-state index contributed by atoms with van der Waals surface area (Å²) in [7, 11) is 0. The molecule has 3 heteroatoms. The lowest BCUT2D eigenvalue weighted by Crippen LogP contribution is -2.03. The van der Waals surface area contributed by atoms with Crippen LogP contribution in [0.15, 0.2) is 17.3 Å². The Labute approximate surface area is 54.0 Å². The number of hydrogen-bond donors (Lipinski definition) is 1. The summed E-state index contributed by atoms with van der Waals surface area (Å²) in [5.41, 5.74) is 5.49. The minimum absolute atomic E-state index is 0.313. The molecule has 0 aliphatic carbocycles. The van der Waals surface area contributed by atoms with E-state index in [1.54, 1.807) is 0 Å². The van der Waals surface area contributed by atoms with Gasteiger partial charge in [0.2, 0.25) is 0 Å². The number of rotatable bonds is 2. The molecule has 2 N–H and O–H groups in total. The molecule has 0 unspecified atom stereocenters. The summed E-state index contributed by atoms with van der Waals surface area (Å²) in [5, 5.41) is 0.313. The number of halogens is 1. The molecule has 2 nitrogen and oxygen atoms in total. The van der Waals surface area contributed by atoms with Gasteiger partial charge >= 0.3 is 0 Å². The van der Waals surface area contributed by atoms with E-state index >= 15 is 0 Å². The van der Waals surface area contributed by atoms with E-state index in [9.17, 15) is 0 Å². The smallest absolute Gasteiger partial charge is 0.146 e. The average molecular weight is 133 g/mol. The summed E-state index contributed by atoms with van der Waals surface area (Å²) in [6.45, 7) is 5.92. The predicted molar refractivity (Wildman–Crippen MR) is 37.2 cm³/mol. The van der Waals surface area contributed by atoms with Crippen molar-refractivity contribution < 1.29 is 0 Å². The van der Waals surface area contributed by atoms with Crippen molar-refractivity contribution in [2.75, 3.05) is 6.54 Å². The van der Waals surface area contributed by atoms with Crippen molar-refractivity contribution in [3.63, 3.8) is 0 Å². The molecule has 0 fully saturated rings. The van der Waals surface area contributed by atoms with Crippen LogP contribution in [0.5, 0.6) is 0 Å². The third-order valence-electron chi connectivity index (χ3n) is 0.562. The summed E-state index contributed by atoms with van der Waals surface area (Å²) in [6, 6.07) is 0. The molecule has 0 radical (unpaired) electrons. The highest BCUT2D eigenvalue weighted by atomic mass is 35.5. The second kappa shape index (κ2) is 3.50. The Hall–Kier alpha value is -0.500. The minimum atomic E-state index is 0.313. The maximum atomic E-state index is 5.44. The second-order valence-corrected chi connectivity index (χ2v) is 1.65. The standard InChI is InChI=1S/C5H9ClN2/c1-3-8-5(6)4(2)7/h2-3,7H2,1H3. The topological polar surface area (TPSA) is 38.4 Å². The van der Waals surface area contributed by atoms with E-state index < -0.39 is 0 Å². The van der Waals surface area contributed by atoms with Crippen molar-refractivity contribution >= 4 is 16.8 Å². The number of allylic oxidation sites excluding steroid dienone is 1. The number of aliphatic imine (C=N–C) groups is 1. The first-order chi connectivity index (χ1) is 3.68. The Morgan fingerprint density at radius 3 is 2.50 bits per heavy atom. The van der Waals surface area contributed by atoms with Crippen LogP contribution in [-0.4, -0.2) is 11.7 Å². The number of nitrogens with two attached hydrogens (primary N) is 1. The zero-order valence-electron chi connectivity index (χ0n) is 4.82. The maximum Gasteiger partial charge on any atom is 0.146 e. The summed E-state index contributed by atoms with van der Waals surface area (Å²) >= 11 is 5.44.